The van der Waals surface area contributed by atoms with Crippen molar-refractivity contribution in [3.8, 4) is 5.75 Å². The Kier molecular flexibility index (Phi) is 2.61. The number of hydrogen-bond acceptors (Lipinski definition) is 3. The minimum absolute atomic E-state index is 0.229. The summed E-state index contributed by atoms with van der Waals surface area (Å²) < 4.78 is 4.95. The van der Waals surface area contributed by atoms with Gasteiger partial charge in [0, 0.05) is 0 Å². The molecule has 0 radical (unpaired) electrons. The van der Waals surface area contributed by atoms with Crippen LogP contribution in [0.1, 0.15) is 22.9 Å². The monoisotopic (exact) mass is 314 g/mol. The molecule has 5 rings (SSSR count). The van der Waals surface area contributed by atoms with Gasteiger partial charge in [-0.15, -0.1) is 0 Å². The predicted octanol–water partition coefficient (Wildman–Crippen LogP) is 3.24. The first-order chi connectivity index (χ1) is 9.74. The molecule has 2 aromatic rings. The van der Waals surface area contributed by atoms with Crippen LogP contribution in [0.15, 0.2) is 54.7 Å². The summed E-state index contributed by atoms with van der Waals surface area (Å²) >= 11 is -0.830. The second-order valence-electron chi connectivity index (χ2n) is 5.44. The molecule has 96 valence electrons. The fourth-order valence-corrected chi connectivity index (χ4v) is 6.81. The van der Waals surface area contributed by atoms with Gasteiger partial charge in [0.25, 0.3) is 0 Å². The van der Waals surface area contributed by atoms with Crippen LogP contribution in [0, 0.1) is 6.92 Å². The Morgan fingerprint density at radius 2 is 1.80 bits per heavy atom. The van der Waals surface area contributed by atoms with E-state index in [1.54, 1.807) is 6.07 Å². The summed E-state index contributed by atoms with van der Waals surface area (Å²) in [6.45, 7) is 2.11. The molecule has 4 heteroatoms. The van der Waals surface area contributed by atoms with Crippen molar-refractivity contribution in [1.82, 2.24) is 7.29 Å². The van der Waals surface area contributed by atoms with Crippen LogP contribution >= 0.6 is 0 Å². The predicted molar refractivity (Wildman–Crippen MR) is 73.7 cm³/mol. The summed E-state index contributed by atoms with van der Waals surface area (Å²) in [5.74, 6) is 0.396. The second-order valence-corrected chi connectivity index (χ2v) is 8.99. The number of aryl methyl sites for hydroxylation is 1. The average Bonchev–Trinajstić information content (AvgIpc) is 3.01. The van der Waals surface area contributed by atoms with Crippen molar-refractivity contribution in [3.05, 3.63) is 71.4 Å². The molecular weight excluding hydrogens is 302 g/mol. The van der Waals surface area contributed by atoms with Crippen LogP contribution in [0.3, 0.4) is 0 Å². The van der Waals surface area contributed by atoms with E-state index in [1.165, 1.54) is 16.8 Å². The van der Waals surface area contributed by atoms with E-state index < -0.39 is 17.6 Å². The van der Waals surface area contributed by atoms with E-state index in [2.05, 4.69) is 44.7 Å². The quantitative estimate of drug-likeness (QED) is 0.862. The number of phenolic OH excluding ortho intramolecular Hbond substituents is 1. The normalized spacial score (nSPS) is 19.1. The fourth-order valence-electron chi connectivity index (χ4n) is 2.98. The van der Waals surface area contributed by atoms with Gasteiger partial charge in [-0.2, -0.15) is 0 Å². The maximum atomic E-state index is 10.0. The average molecular weight is 316 g/mol. The summed E-state index contributed by atoms with van der Waals surface area (Å²) in [6.07, 6.45) is 2.49. The third-order valence-electron chi connectivity index (χ3n) is 4.08. The maximum absolute atomic E-state index is 10.0. The van der Waals surface area contributed by atoms with Gasteiger partial charge in [-0.3, -0.25) is 0 Å². The number of aromatic hydroxyl groups is 1. The van der Waals surface area contributed by atoms with E-state index in [0.717, 1.165) is 5.56 Å². The zero-order valence-electron chi connectivity index (χ0n) is 11.3. The van der Waals surface area contributed by atoms with Crippen LogP contribution in [-0.2, 0) is 17.6 Å². The molecule has 0 aromatic heterocycles. The van der Waals surface area contributed by atoms with Gasteiger partial charge >= 0.3 is 126 Å². The van der Waals surface area contributed by atoms with Crippen LogP contribution < -0.4 is 0 Å². The van der Waals surface area contributed by atoms with Gasteiger partial charge in [-0.25, -0.2) is 0 Å². The molecule has 0 aliphatic carbocycles. The topological polar surface area (TPSA) is 26.7 Å². The third-order valence-corrected chi connectivity index (χ3v) is 7.96. The van der Waals surface area contributed by atoms with Gasteiger partial charge in [-0.1, -0.05) is 0 Å². The Morgan fingerprint density at radius 1 is 1.05 bits per heavy atom. The van der Waals surface area contributed by atoms with Crippen molar-refractivity contribution in [2.45, 2.75) is 13.1 Å². The van der Waals surface area contributed by atoms with Crippen LogP contribution in [0.2, 0.25) is 0 Å². The van der Waals surface area contributed by atoms with E-state index in [9.17, 15) is 5.11 Å². The molecule has 1 saturated heterocycles. The van der Waals surface area contributed by atoms with Crippen molar-refractivity contribution < 1.29 is 22.7 Å². The molecule has 1 N–H and O–H groups in total. The van der Waals surface area contributed by atoms with Crippen LogP contribution in [-0.4, -0.2) is 12.4 Å². The molecule has 1 atom stereocenters. The molecule has 3 aliphatic heterocycles. The summed E-state index contributed by atoms with van der Waals surface area (Å²) in [6, 6.07) is 16.4. The van der Waals surface area contributed by atoms with Gasteiger partial charge < -0.3 is 0 Å². The van der Waals surface area contributed by atoms with E-state index in [-0.39, 0.29) is 6.17 Å². The standard InChI is InChI=1S/C16H14N2O.Zn/c1-11-6-8-12(9-7-11)14-10-17-16(18-14)13-4-2-3-5-15(13)19;/h2-10,16,19H,1H3;/q-2;+2. The number of benzene rings is 2. The molecule has 3 aliphatic rings. The number of phenols is 1. The molecular formula is C16H14N2OZn. The minimum atomic E-state index is -0.830. The Morgan fingerprint density at radius 3 is 2.55 bits per heavy atom. The van der Waals surface area contributed by atoms with Crippen molar-refractivity contribution in [3.63, 3.8) is 0 Å². The Bertz CT molecular complexity index is 696. The van der Waals surface area contributed by atoms with E-state index in [0.29, 0.717) is 5.75 Å². The Balaban J connectivity index is 1.66. The first kappa shape index (κ1) is 12.0. The van der Waals surface area contributed by atoms with Crippen LogP contribution in [0.4, 0.5) is 0 Å². The van der Waals surface area contributed by atoms with Gasteiger partial charge in [0.2, 0.25) is 0 Å². The number of rotatable bonds is 2. The summed E-state index contributed by atoms with van der Waals surface area (Å²) in [7, 11) is 0. The molecule has 0 spiro atoms. The zero-order chi connectivity index (χ0) is 13.7. The van der Waals surface area contributed by atoms with Gasteiger partial charge in [0.1, 0.15) is 0 Å². The zero-order valence-corrected chi connectivity index (χ0v) is 14.3. The molecule has 2 bridgehead atoms. The molecule has 2 aromatic carbocycles. The van der Waals surface area contributed by atoms with Crippen molar-refractivity contribution >= 4 is 5.70 Å². The Labute approximate surface area is 126 Å². The number of nitrogens with zero attached hydrogens (tertiary/aromatic N) is 2. The Hall–Kier alpha value is -1.80. The fraction of sp³-hybridized carbons (Fsp3) is 0.125. The van der Waals surface area contributed by atoms with Gasteiger partial charge in [-0.05, 0) is 0 Å². The summed E-state index contributed by atoms with van der Waals surface area (Å²) in [4.78, 5) is 0. The van der Waals surface area contributed by atoms with Crippen LogP contribution in [0.25, 0.3) is 5.70 Å². The number of para-hydroxylation sites is 1. The summed E-state index contributed by atoms with van der Waals surface area (Å²) in [5.41, 5.74) is 4.90. The number of hydrogen-bond donors (Lipinski definition) is 1. The molecule has 20 heavy (non-hydrogen) atoms. The van der Waals surface area contributed by atoms with E-state index in [1.807, 2.05) is 18.2 Å². The van der Waals surface area contributed by atoms with Crippen molar-refractivity contribution in [2.24, 2.45) is 0 Å². The van der Waals surface area contributed by atoms with Gasteiger partial charge in [0.15, 0.2) is 0 Å². The molecule has 1 unspecified atom stereocenters. The molecule has 3 heterocycles. The van der Waals surface area contributed by atoms with Crippen molar-refractivity contribution in [1.29, 1.82) is 0 Å². The van der Waals surface area contributed by atoms with E-state index in [4.69, 9.17) is 0 Å². The van der Waals surface area contributed by atoms with Crippen molar-refractivity contribution in [2.75, 3.05) is 0 Å². The first-order valence-corrected chi connectivity index (χ1v) is 9.48. The van der Waals surface area contributed by atoms with Gasteiger partial charge in [0.05, 0.1) is 0 Å². The summed E-state index contributed by atoms with van der Waals surface area (Å²) in [5, 5.41) is 10.0. The third kappa shape index (κ3) is 1.68. The molecule has 0 saturated carbocycles. The molecule has 3 nitrogen and oxygen atoms in total. The van der Waals surface area contributed by atoms with E-state index >= 15 is 0 Å². The molecule has 1 fully saturated rings. The first-order valence-electron chi connectivity index (χ1n) is 6.83. The second kappa shape index (κ2) is 4.36. The molecule has 0 amide bonds. The SMILES string of the molecule is Cc1ccc(C2=C[N]3[Zn][N]2C3c2ccccc2O)cc1. The van der Waals surface area contributed by atoms with Crippen LogP contribution in [0.5, 0.6) is 5.75 Å².